The zero-order chi connectivity index (χ0) is 13.1. The molecule has 0 N–H and O–H groups in total. The van der Waals surface area contributed by atoms with Crippen LogP contribution in [0.5, 0.6) is 5.75 Å². The largest absolute Gasteiger partial charge is 0.496 e. The van der Waals surface area contributed by atoms with Gasteiger partial charge in [0.2, 0.25) is 0 Å². The number of rotatable bonds is 3. The normalized spacial score (nSPS) is 16.7. The van der Waals surface area contributed by atoms with Crippen LogP contribution in [0.2, 0.25) is 0 Å². The maximum atomic E-state index is 10.9. The van der Waals surface area contributed by atoms with Crippen LogP contribution < -0.4 is 9.64 Å². The average molecular weight is 251 g/mol. The lowest BCUT2D eigenvalue weighted by molar-refractivity contribution is -0.384. The number of hydrogen-bond acceptors (Lipinski definition) is 5. The van der Waals surface area contributed by atoms with E-state index in [1.165, 1.54) is 13.2 Å². The highest BCUT2D eigenvalue weighted by molar-refractivity contribution is 5.58. The summed E-state index contributed by atoms with van der Waals surface area (Å²) in [6, 6.07) is 4.89. The fraction of sp³-hybridized carbons (Fsp3) is 0.500. The molecule has 98 valence electrons. The van der Waals surface area contributed by atoms with Crippen LogP contribution in [0.15, 0.2) is 18.2 Å². The molecule has 1 aliphatic heterocycles. The Morgan fingerprint density at radius 2 is 1.89 bits per heavy atom. The summed E-state index contributed by atoms with van der Waals surface area (Å²) in [5.41, 5.74) is 0.928. The summed E-state index contributed by atoms with van der Waals surface area (Å²) in [5.74, 6) is 0.526. The van der Waals surface area contributed by atoms with Gasteiger partial charge in [-0.2, -0.15) is 0 Å². The fourth-order valence-electron chi connectivity index (χ4n) is 2.04. The van der Waals surface area contributed by atoms with Crippen LogP contribution in [0, 0.1) is 10.1 Å². The van der Waals surface area contributed by atoms with Gasteiger partial charge in [-0.05, 0) is 7.05 Å². The van der Waals surface area contributed by atoms with Crippen molar-refractivity contribution in [3.8, 4) is 5.75 Å². The topological polar surface area (TPSA) is 58.8 Å². The molecule has 1 heterocycles. The van der Waals surface area contributed by atoms with Crippen LogP contribution in [0.25, 0.3) is 0 Å². The molecule has 2 rings (SSSR count). The van der Waals surface area contributed by atoms with Gasteiger partial charge < -0.3 is 14.5 Å². The molecule has 0 saturated carbocycles. The number of likely N-dealkylation sites (N-methyl/N-ethyl adjacent to an activating group) is 1. The molecule has 0 spiro atoms. The van der Waals surface area contributed by atoms with Crippen molar-refractivity contribution in [1.29, 1.82) is 0 Å². The van der Waals surface area contributed by atoms with E-state index in [2.05, 4.69) is 16.8 Å². The van der Waals surface area contributed by atoms with Crippen LogP contribution in [0.1, 0.15) is 0 Å². The van der Waals surface area contributed by atoms with E-state index >= 15 is 0 Å². The summed E-state index contributed by atoms with van der Waals surface area (Å²) in [4.78, 5) is 14.9. The third-order valence-corrected chi connectivity index (χ3v) is 3.19. The summed E-state index contributed by atoms with van der Waals surface area (Å²) in [7, 11) is 3.60. The first-order valence-electron chi connectivity index (χ1n) is 5.87. The highest BCUT2D eigenvalue weighted by Gasteiger charge is 2.18. The van der Waals surface area contributed by atoms with Crippen molar-refractivity contribution in [2.45, 2.75) is 0 Å². The molecule has 0 amide bonds. The van der Waals surface area contributed by atoms with Crippen molar-refractivity contribution in [2.75, 3.05) is 45.2 Å². The quantitative estimate of drug-likeness (QED) is 0.599. The Morgan fingerprint density at radius 1 is 1.22 bits per heavy atom. The number of nitrogens with zero attached hydrogens (tertiary/aromatic N) is 3. The monoisotopic (exact) mass is 251 g/mol. The van der Waals surface area contributed by atoms with Gasteiger partial charge in [0.25, 0.3) is 5.69 Å². The molecule has 0 unspecified atom stereocenters. The van der Waals surface area contributed by atoms with Crippen molar-refractivity contribution in [1.82, 2.24) is 4.90 Å². The summed E-state index contributed by atoms with van der Waals surface area (Å²) >= 11 is 0. The molecule has 0 bridgehead atoms. The number of anilines is 1. The maximum absolute atomic E-state index is 10.9. The first-order chi connectivity index (χ1) is 8.60. The Hall–Kier alpha value is -1.82. The number of nitro benzene ring substituents is 1. The van der Waals surface area contributed by atoms with Crippen molar-refractivity contribution in [2.24, 2.45) is 0 Å². The zero-order valence-corrected chi connectivity index (χ0v) is 10.6. The second-order valence-corrected chi connectivity index (χ2v) is 4.44. The van der Waals surface area contributed by atoms with Gasteiger partial charge in [-0.3, -0.25) is 10.1 Å². The predicted molar refractivity (Wildman–Crippen MR) is 69.4 cm³/mol. The first kappa shape index (κ1) is 12.6. The number of benzene rings is 1. The molecule has 1 saturated heterocycles. The van der Waals surface area contributed by atoms with Crippen LogP contribution in [0.4, 0.5) is 11.4 Å². The molecule has 1 aliphatic rings. The van der Waals surface area contributed by atoms with E-state index in [4.69, 9.17) is 4.74 Å². The van der Waals surface area contributed by atoms with E-state index in [1.807, 2.05) is 6.07 Å². The first-order valence-corrected chi connectivity index (χ1v) is 5.87. The van der Waals surface area contributed by atoms with E-state index in [0.29, 0.717) is 5.75 Å². The summed E-state index contributed by atoms with van der Waals surface area (Å²) in [5, 5.41) is 10.9. The lowest BCUT2D eigenvalue weighted by Crippen LogP contribution is -2.44. The van der Waals surface area contributed by atoms with Crippen LogP contribution in [0.3, 0.4) is 0 Å². The maximum Gasteiger partial charge on any atom is 0.275 e. The zero-order valence-electron chi connectivity index (χ0n) is 10.6. The second kappa shape index (κ2) is 5.22. The average Bonchev–Trinajstić information content (AvgIpc) is 2.39. The molecule has 1 aromatic carbocycles. The number of nitro groups is 1. The fourth-order valence-corrected chi connectivity index (χ4v) is 2.04. The lowest BCUT2D eigenvalue weighted by atomic mass is 10.2. The van der Waals surface area contributed by atoms with E-state index in [0.717, 1.165) is 31.9 Å². The Bertz CT molecular complexity index is 442. The molecule has 0 atom stereocenters. The number of methoxy groups -OCH3 is 1. The Balaban J connectivity index is 2.26. The molecule has 0 aliphatic carbocycles. The Morgan fingerprint density at radius 3 is 2.44 bits per heavy atom. The summed E-state index contributed by atoms with van der Waals surface area (Å²) < 4.78 is 5.12. The van der Waals surface area contributed by atoms with Crippen molar-refractivity contribution < 1.29 is 9.66 Å². The van der Waals surface area contributed by atoms with Gasteiger partial charge in [0.05, 0.1) is 18.1 Å². The van der Waals surface area contributed by atoms with Crippen molar-refractivity contribution in [3.63, 3.8) is 0 Å². The number of non-ortho nitro benzene ring substituents is 1. The molecule has 1 aromatic rings. The van der Waals surface area contributed by atoms with Crippen molar-refractivity contribution in [3.05, 3.63) is 28.3 Å². The van der Waals surface area contributed by atoms with E-state index in [9.17, 15) is 10.1 Å². The molecule has 0 aromatic heterocycles. The van der Waals surface area contributed by atoms with E-state index < -0.39 is 0 Å². The van der Waals surface area contributed by atoms with Gasteiger partial charge >= 0.3 is 0 Å². The number of piperazine rings is 1. The molecule has 1 fully saturated rings. The summed E-state index contributed by atoms with van der Waals surface area (Å²) in [6.45, 7) is 3.68. The molecule has 0 radical (unpaired) electrons. The van der Waals surface area contributed by atoms with Gasteiger partial charge in [0, 0.05) is 44.0 Å². The third kappa shape index (κ3) is 2.70. The SMILES string of the molecule is COc1cc(N2CCN(C)CC2)cc([N+](=O)[O-])c1. The Labute approximate surface area is 106 Å². The minimum Gasteiger partial charge on any atom is -0.496 e. The molecule has 6 heteroatoms. The van der Waals surface area contributed by atoms with E-state index in [1.54, 1.807) is 6.07 Å². The van der Waals surface area contributed by atoms with Crippen LogP contribution in [-0.4, -0.2) is 50.2 Å². The highest BCUT2D eigenvalue weighted by Crippen LogP contribution is 2.28. The van der Waals surface area contributed by atoms with Gasteiger partial charge in [0.1, 0.15) is 5.75 Å². The van der Waals surface area contributed by atoms with Crippen molar-refractivity contribution >= 4 is 11.4 Å². The van der Waals surface area contributed by atoms with Gasteiger partial charge in [-0.1, -0.05) is 0 Å². The molecular weight excluding hydrogens is 234 g/mol. The number of hydrogen-bond donors (Lipinski definition) is 0. The molecule has 18 heavy (non-hydrogen) atoms. The Kier molecular flexibility index (Phi) is 3.66. The predicted octanol–water partition coefficient (Wildman–Crippen LogP) is 1.36. The van der Waals surface area contributed by atoms with Crippen LogP contribution >= 0.6 is 0 Å². The van der Waals surface area contributed by atoms with Gasteiger partial charge in [0.15, 0.2) is 0 Å². The minimum atomic E-state index is -0.387. The second-order valence-electron chi connectivity index (χ2n) is 4.44. The van der Waals surface area contributed by atoms with Gasteiger partial charge in [-0.15, -0.1) is 0 Å². The van der Waals surface area contributed by atoms with Gasteiger partial charge in [-0.25, -0.2) is 0 Å². The third-order valence-electron chi connectivity index (χ3n) is 3.19. The summed E-state index contributed by atoms with van der Waals surface area (Å²) in [6.07, 6.45) is 0. The molecular formula is C12H17N3O3. The van der Waals surface area contributed by atoms with E-state index in [-0.39, 0.29) is 10.6 Å². The highest BCUT2D eigenvalue weighted by atomic mass is 16.6. The smallest absolute Gasteiger partial charge is 0.275 e. The standard InChI is InChI=1S/C12H17N3O3/c1-13-3-5-14(6-4-13)10-7-11(15(16)17)9-12(8-10)18-2/h7-9H,3-6H2,1-2H3. The lowest BCUT2D eigenvalue weighted by Gasteiger charge is -2.34. The molecule has 6 nitrogen and oxygen atoms in total. The van der Waals surface area contributed by atoms with Crippen LogP contribution in [-0.2, 0) is 0 Å². The minimum absolute atomic E-state index is 0.0725. The number of ether oxygens (including phenoxy) is 1.